The fourth-order valence-electron chi connectivity index (χ4n) is 0.939. The Bertz CT molecular complexity index is 291. The second-order valence-electron chi connectivity index (χ2n) is 2.94. The zero-order valence-electron chi connectivity index (χ0n) is 8.23. The van der Waals surface area contributed by atoms with Crippen molar-refractivity contribution in [3.05, 3.63) is 18.6 Å². The van der Waals surface area contributed by atoms with E-state index in [1.807, 2.05) is 13.2 Å². The minimum absolute atomic E-state index is 0.00740. The summed E-state index contributed by atoms with van der Waals surface area (Å²) in [7, 11) is 0. The Morgan fingerprint density at radius 1 is 1.64 bits per heavy atom. The van der Waals surface area contributed by atoms with Crippen molar-refractivity contribution < 1.29 is 4.79 Å². The maximum Gasteiger partial charge on any atom is 0.229 e. The van der Waals surface area contributed by atoms with Gasteiger partial charge >= 0.3 is 0 Å². The van der Waals surface area contributed by atoms with Crippen LogP contribution >= 0.6 is 11.8 Å². The predicted octanol–water partition coefficient (Wildman–Crippen LogP) is 1.41. The van der Waals surface area contributed by atoms with E-state index in [1.165, 1.54) is 6.20 Å². The number of hydrogen-bond donors (Lipinski definition) is 1. The van der Waals surface area contributed by atoms with Gasteiger partial charge in [-0.2, -0.15) is 11.8 Å². The lowest BCUT2D eigenvalue weighted by Crippen LogP contribution is -2.22. The molecule has 0 aliphatic rings. The third-order valence-corrected chi connectivity index (χ3v) is 2.51. The van der Waals surface area contributed by atoms with E-state index in [0.29, 0.717) is 5.82 Å². The molecule has 1 heterocycles. The van der Waals surface area contributed by atoms with Gasteiger partial charge in [0.05, 0.1) is 6.20 Å². The van der Waals surface area contributed by atoms with Gasteiger partial charge in [0.2, 0.25) is 5.91 Å². The van der Waals surface area contributed by atoms with Crippen LogP contribution in [0.5, 0.6) is 0 Å². The predicted molar refractivity (Wildman–Crippen MR) is 58.2 cm³/mol. The third-order valence-electron chi connectivity index (χ3n) is 1.68. The van der Waals surface area contributed by atoms with Crippen molar-refractivity contribution in [2.75, 3.05) is 17.3 Å². The van der Waals surface area contributed by atoms with Gasteiger partial charge in [0.25, 0.3) is 0 Å². The monoisotopic (exact) mass is 211 g/mol. The third kappa shape index (κ3) is 3.33. The molecular weight excluding hydrogens is 198 g/mol. The van der Waals surface area contributed by atoms with Crippen molar-refractivity contribution in [3.63, 3.8) is 0 Å². The Hall–Kier alpha value is -1.10. The van der Waals surface area contributed by atoms with E-state index in [9.17, 15) is 4.79 Å². The molecule has 1 amide bonds. The Morgan fingerprint density at radius 2 is 2.43 bits per heavy atom. The van der Waals surface area contributed by atoms with Crippen LogP contribution in [0.4, 0.5) is 5.82 Å². The quantitative estimate of drug-likeness (QED) is 0.818. The maximum absolute atomic E-state index is 11.5. The van der Waals surface area contributed by atoms with Crippen molar-refractivity contribution in [3.8, 4) is 0 Å². The van der Waals surface area contributed by atoms with E-state index in [4.69, 9.17) is 0 Å². The molecule has 0 fully saturated rings. The van der Waals surface area contributed by atoms with Crippen LogP contribution in [0.3, 0.4) is 0 Å². The molecule has 76 valence electrons. The second-order valence-corrected chi connectivity index (χ2v) is 3.85. The highest BCUT2D eigenvalue weighted by Gasteiger charge is 2.12. The molecule has 0 bridgehead atoms. The Labute approximate surface area is 87.5 Å². The van der Waals surface area contributed by atoms with Crippen molar-refractivity contribution in [1.82, 2.24) is 9.97 Å². The van der Waals surface area contributed by atoms with Crippen LogP contribution in [0, 0.1) is 5.92 Å². The normalized spacial score (nSPS) is 12.1. The molecular formula is C9H13N3OS. The van der Waals surface area contributed by atoms with Crippen LogP contribution < -0.4 is 5.32 Å². The van der Waals surface area contributed by atoms with E-state index in [0.717, 1.165) is 5.75 Å². The number of nitrogens with one attached hydrogen (secondary N) is 1. The summed E-state index contributed by atoms with van der Waals surface area (Å²) >= 11 is 1.65. The largest absolute Gasteiger partial charge is 0.309 e. The van der Waals surface area contributed by atoms with Crippen LogP contribution in [0.1, 0.15) is 6.92 Å². The van der Waals surface area contributed by atoms with Gasteiger partial charge in [-0.3, -0.25) is 9.78 Å². The zero-order chi connectivity index (χ0) is 10.4. The molecule has 1 unspecified atom stereocenters. The van der Waals surface area contributed by atoms with Crippen molar-refractivity contribution in [1.29, 1.82) is 0 Å². The molecule has 1 rings (SSSR count). The van der Waals surface area contributed by atoms with Crippen LogP contribution in [0.2, 0.25) is 0 Å². The molecule has 0 aliphatic carbocycles. The summed E-state index contributed by atoms with van der Waals surface area (Å²) in [5.41, 5.74) is 0. The highest BCUT2D eigenvalue weighted by Crippen LogP contribution is 2.07. The standard InChI is InChI=1S/C9H13N3OS/c1-7(6-14-2)9(13)12-8-5-10-3-4-11-8/h3-5,7H,6H2,1-2H3,(H,11,12,13). The molecule has 1 aromatic heterocycles. The summed E-state index contributed by atoms with van der Waals surface area (Å²) in [5, 5.41) is 2.70. The minimum atomic E-state index is -0.0140. The first-order valence-electron chi connectivity index (χ1n) is 4.30. The number of amides is 1. The van der Waals surface area contributed by atoms with Gasteiger partial charge < -0.3 is 5.32 Å². The molecule has 5 heteroatoms. The molecule has 1 N–H and O–H groups in total. The fraction of sp³-hybridized carbons (Fsp3) is 0.444. The van der Waals surface area contributed by atoms with Gasteiger partial charge in [-0.1, -0.05) is 6.92 Å². The van der Waals surface area contributed by atoms with Crippen LogP contribution in [-0.4, -0.2) is 27.9 Å². The summed E-state index contributed by atoms with van der Waals surface area (Å²) in [6.45, 7) is 1.89. The van der Waals surface area contributed by atoms with E-state index < -0.39 is 0 Å². The number of hydrogen-bond acceptors (Lipinski definition) is 4. The fourth-order valence-corrected chi connectivity index (χ4v) is 1.59. The number of anilines is 1. The Balaban J connectivity index is 2.49. The minimum Gasteiger partial charge on any atom is -0.309 e. The van der Waals surface area contributed by atoms with Gasteiger partial charge in [0.1, 0.15) is 0 Å². The molecule has 4 nitrogen and oxygen atoms in total. The average Bonchev–Trinajstić information content (AvgIpc) is 2.19. The average molecular weight is 211 g/mol. The van der Waals surface area contributed by atoms with Crippen molar-refractivity contribution >= 4 is 23.5 Å². The Morgan fingerprint density at radius 3 is 3.00 bits per heavy atom. The summed E-state index contributed by atoms with van der Waals surface area (Å²) in [5.74, 6) is 1.30. The van der Waals surface area contributed by atoms with Gasteiger partial charge in [-0.15, -0.1) is 0 Å². The maximum atomic E-state index is 11.5. The molecule has 0 spiro atoms. The highest BCUT2D eigenvalue weighted by molar-refractivity contribution is 7.98. The number of nitrogens with zero attached hydrogens (tertiary/aromatic N) is 2. The lowest BCUT2D eigenvalue weighted by molar-refractivity contribution is -0.118. The number of aromatic nitrogens is 2. The zero-order valence-corrected chi connectivity index (χ0v) is 9.04. The number of rotatable bonds is 4. The summed E-state index contributed by atoms with van der Waals surface area (Å²) in [4.78, 5) is 19.3. The molecule has 0 radical (unpaired) electrons. The Kier molecular flexibility index (Phi) is 4.39. The van der Waals surface area contributed by atoms with E-state index in [-0.39, 0.29) is 11.8 Å². The van der Waals surface area contributed by atoms with Crippen LogP contribution in [0.15, 0.2) is 18.6 Å². The molecule has 0 saturated carbocycles. The van der Waals surface area contributed by atoms with Crippen LogP contribution in [0.25, 0.3) is 0 Å². The molecule has 0 saturated heterocycles. The second kappa shape index (κ2) is 5.59. The molecule has 0 aliphatic heterocycles. The number of carbonyl (C=O) groups is 1. The topological polar surface area (TPSA) is 54.9 Å². The van der Waals surface area contributed by atoms with E-state index in [1.54, 1.807) is 24.2 Å². The highest BCUT2D eigenvalue weighted by atomic mass is 32.2. The first-order chi connectivity index (χ1) is 6.74. The van der Waals surface area contributed by atoms with E-state index >= 15 is 0 Å². The first kappa shape index (κ1) is 11.0. The lowest BCUT2D eigenvalue weighted by atomic mass is 10.2. The van der Waals surface area contributed by atoms with E-state index in [2.05, 4.69) is 15.3 Å². The molecule has 14 heavy (non-hydrogen) atoms. The smallest absolute Gasteiger partial charge is 0.229 e. The summed E-state index contributed by atoms with van der Waals surface area (Å²) in [6, 6.07) is 0. The van der Waals surface area contributed by atoms with Crippen LogP contribution in [-0.2, 0) is 4.79 Å². The summed E-state index contributed by atoms with van der Waals surface area (Å²) < 4.78 is 0. The lowest BCUT2D eigenvalue weighted by Gasteiger charge is -2.09. The number of thioether (sulfide) groups is 1. The van der Waals surface area contributed by atoms with Gasteiger partial charge in [0, 0.05) is 24.1 Å². The van der Waals surface area contributed by atoms with Crippen molar-refractivity contribution in [2.24, 2.45) is 5.92 Å². The SMILES string of the molecule is CSCC(C)C(=O)Nc1cnccn1. The number of carbonyl (C=O) groups excluding carboxylic acids is 1. The molecule has 1 aromatic rings. The van der Waals surface area contributed by atoms with Gasteiger partial charge in [-0.25, -0.2) is 4.98 Å². The van der Waals surface area contributed by atoms with Gasteiger partial charge in [0.15, 0.2) is 5.82 Å². The first-order valence-corrected chi connectivity index (χ1v) is 5.69. The molecule has 0 aromatic carbocycles. The van der Waals surface area contributed by atoms with Crippen molar-refractivity contribution in [2.45, 2.75) is 6.92 Å². The van der Waals surface area contributed by atoms with Gasteiger partial charge in [-0.05, 0) is 6.26 Å². The summed E-state index contributed by atoms with van der Waals surface area (Å²) in [6.07, 6.45) is 6.63. The molecule has 1 atom stereocenters.